The van der Waals surface area contributed by atoms with E-state index in [1.165, 1.54) is 0 Å². The van der Waals surface area contributed by atoms with Crippen LogP contribution in [-0.2, 0) is 16.0 Å². The van der Waals surface area contributed by atoms with Crippen LogP contribution in [0.1, 0.15) is 18.9 Å². The molecule has 0 spiro atoms. The Morgan fingerprint density at radius 1 is 1.00 bits per heavy atom. The second-order valence-electron chi connectivity index (χ2n) is 7.96. The molecule has 0 saturated carbocycles. The summed E-state index contributed by atoms with van der Waals surface area (Å²) in [6, 6.07) is 22.1. The summed E-state index contributed by atoms with van der Waals surface area (Å²) in [6.45, 7) is 2.92. The van der Waals surface area contributed by atoms with Crippen molar-refractivity contribution in [2.24, 2.45) is 0 Å². The molecule has 0 saturated heterocycles. The highest BCUT2D eigenvalue weighted by Crippen LogP contribution is 2.37. The quantitative estimate of drug-likeness (QED) is 0.497. The largest absolute Gasteiger partial charge is 0.342 e. The van der Waals surface area contributed by atoms with Crippen LogP contribution >= 0.6 is 23.2 Å². The molecule has 4 rings (SSSR count). The van der Waals surface area contributed by atoms with Crippen LogP contribution in [0.2, 0.25) is 10.0 Å². The number of amides is 2. The minimum absolute atomic E-state index is 0.0614. The predicted octanol–water partition coefficient (Wildman–Crippen LogP) is 5.62. The van der Waals surface area contributed by atoms with Gasteiger partial charge >= 0.3 is 0 Å². The van der Waals surface area contributed by atoms with E-state index < -0.39 is 6.04 Å². The number of carbonyl (C=O) groups is 2. The Bertz CT molecular complexity index is 1150. The second kappa shape index (κ2) is 10.3. The lowest BCUT2D eigenvalue weighted by Crippen LogP contribution is -2.52. The molecule has 0 aliphatic carbocycles. The van der Waals surface area contributed by atoms with Crippen LogP contribution < -0.4 is 15.1 Å². The summed E-state index contributed by atoms with van der Waals surface area (Å²) in [5.74, 6) is -0.397. The monoisotopic (exact) mass is 481 g/mol. The molecule has 0 bridgehead atoms. The molecule has 1 atom stereocenters. The summed E-state index contributed by atoms with van der Waals surface area (Å²) in [6.07, 6.45) is 0.859. The van der Waals surface area contributed by atoms with Gasteiger partial charge in [-0.25, -0.2) is 0 Å². The zero-order valence-electron chi connectivity index (χ0n) is 18.3. The summed E-state index contributed by atoms with van der Waals surface area (Å²) in [7, 11) is 0. The summed E-state index contributed by atoms with van der Waals surface area (Å²) in [4.78, 5) is 30.4. The highest BCUT2D eigenvalue weighted by Gasteiger charge is 2.34. The van der Waals surface area contributed by atoms with Crippen LogP contribution in [0.15, 0.2) is 72.8 Å². The maximum Gasteiger partial charge on any atom is 0.251 e. The molecular formula is C26H25Cl2N3O2. The number of carbonyl (C=O) groups excluding carboxylic acids is 2. The Morgan fingerprint density at radius 2 is 1.70 bits per heavy atom. The van der Waals surface area contributed by atoms with Gasteiger partial charge < -0.3 is 15.1 Å². The number of hydrogen-bond acceptors (Lipinski definition) is 3. The van der Waals surface area contributed by atoms with Gasteiger partial charge in [0.25, 0.3) is 5.91 Å². The van der Waals surface area contributed by atoms with E-state index in [9.17, 15) is 9.59 Å². The fourth-order valence-electron chi connectivity index (χ4n) is 4.08. The Balaban J connectivity index is 1.66. The van der Waals surface area contributed by atoms with Gasteiger partial charge in [0, 0.05) is 22.3 Å². The molecule has 33 heavy (non-hydrogen) atoms. The summed E-state index contributed by atoms with van der Waals surface area (Å²) >= 11 is 12.2. The zero-order chi connectivity index (χ0) is 23.4. The van der Waals surface area contributed by atoms with Crippen molar-refractivity contribution >= 4 is 52.1 Å². The third-order valence-corrected chi connectivity index (χ3v) is 6.20. The van der Waals surface area contributed by atoms with Gasteiger partial charge in [-0.1, -0.05) is 66.5 Å². The molecular weight excluding hydrogens is 457 g/mol. The molecule has 0 radical (unpaired) electrons. The average Bonchev–Trinajstić information content (AvgIpc) is 2.92. The molecule has 170 valence electrons. The molecule has 3 aromatic rings. The molecule has 5 nitrogen and oxygen atoms in total. The Morgan fingerprint density at radius 3 is 2.39 bits per heavy atom. The van der Waals surface area contributed by atoms with E-state index in [1.54, 1.807) is 23.1 Å². The van der Waals surface area contributed by atoms with Gasteiger partial charge in [-0.2, -0.15) is 0 Å². The van der Waals surface area contributed by atoms with E-state index in [1.807, 2.05) is 61.5 Å². The average molecular weight is 482 g/mol. The van der Waals surface area contributed by atoms with E-state index in [0.29, 0.717) is 28.7 Å². The van der Waals surface area contributed by atoms with Gasteiger partial charge in [-0.3, -0.25) is 9.59 Å². The van der Waals surface area contributed by atoms with Gasteiger partial charge in [-0.05, 0) is 48.4 Å². The standard InChI is InChI=1S/C26H25Cl2N3O2/c1-2-14-30-23-10-6-7-11-24(23)31(20-8-4-3-5-9-20)17-22(26(30)33)29-25(32)15-18-12-13-19(27)16-21(18)28/h3-13,16,22H,2,14-15,17H2,1H3,(H,29,32). The highest BCUT2D eigenvalue weighted by atomic mass is 35.5. The van der Waals surface area contributed by atoms with Gasteiger partial charge in [-0.15, -0.1) is 0 Å². The van der Waals surface area contributed by atoms with Crippen molar-refractivity contribution in [2.75, 3.05) is 22.9 Å². The van der Waals surface area contributed by atoms with E-state index in [2.05, 4.69) is 10.2 Å². The predicted molar refractivity (Wildman–Crippen MR) is 135 cm³/mol. The van der Waals surface area contributed by atoms with Crippen molar-refractivity contribution in [1.29, 1.82) is 0 Å². The maximum absolute atomic E-state index is 13.6. The van der Waals surface area contributed by atoms with Crippen LogP contribution in [0.25, 0.3) is 0 Å². The van der Waals surface area contributed by atoms with E-state index >= 15 is 0 Å². The molecule has 1 N–H and O–H groups in total. The first kappa shape index (κ1) is 23.1. The fraction of sp³-hybridized carbons (Fsp3) is 0.231. The normalized spacial score (nSPS) is 15.7. The number of hydrogen-bond donors (Lipinski definition) is 1. The van der Waals surface area contributed by atoms with Crippen molar-refractivity contribution in [3.05, 3.63) is 88.4 Å². The van der Waals surface area contributed by atoms with Gasteiger partial charge in [0.15, 0.2) is 0 Å². The van der Waals surface area contributed by atoms with Crippen molar-refractivity contribution in [3.8, 4) is 0 Å². The van der Waals surface area contributed by atoms with Crippen molar-refractivity contribution < 1.29 is 9.59 Å². The van der Waals surface area contributed by atoms with Crippen LogP contribution in [0.5, 0.6) is 0 Å². The van der Waals surface area contributed by atoms with Crippen molar-refractivity contribution in [3.63, 3.8) is 0 Å². The number of para-hydroxylation sites is 3. The van der Waals surface area contributed by atoms with Crippen LogP contribution in [0, 0.1) is 0 Å². The van der Waals surface area contributed by atoms with Crippen LogP contribution in [0.3, 0.4) is 0 Å². The molecule has 0 aromatic heterocycles. The molecule has 1 aliphatic rings. The number of rotatable bonds is 6. The lowest BCUT2D eigenvalue weighted by atomic mass is 10.1. The number of anilines is 3. The summed E-state index contributed by atoms with van der Waals surface area (Å²) in [5.41, 5.74) is 3.39. The van der Waals surface area contributed by atoms with Gasteiger partial charge in [0.2, 0.25) is 5.91 Å². The van der Waals surface area contributed by atoms with Crippen molar-refractivity contribution in [2.45, 2.75) is 25.8 Å². The number of benzene rings is 3. The number of nitrogens with zero attached hydrogens (tertiary/aromatic N) is 2. The first-order valence-electron chi connectivity index (χ1n) is 10.9. The Hall–Kier alpha value is -3.02. The third kappa shape index (κ3) is 5.15. The molecule has 7 heteroatoms. The molecule has 2 amide bonds. The smallest absolute Gasteiger partial charge is 0.251 e. The molecule has 1 aliphatic heterocycles. The zero-order valence-corrected chi connectivity index (χ0v) is 19.8. The lowest BCUT2D eigenvalue weighted by Gasteiger charge is -2.27. The van der Waals surface area contributed by atoms with Gasteiger partial charge in [0.05, 0.1) is 24.3 Å². The first-order valence-corrected chi connectivity index (χ1v) is 11.7. The lowest BCUT2D eigenvalue weighted by molar-refractivity contribution is -0.127. The second-order valence-corrected chi connectivity index (χ2v) is 8.80. The molecule has 3 aromatic carbocycles. The first-order chi connectivity index (χ1) is 16.0. The SMILES string of the molecule is CCCN1C(=O)C(NC(=O)Cc2ccc(Cl)cc2Cl)CN(c2ccccc2)c2ccccc21. The fourth-order valence-corrected chi connectivity index (χ4v) is 4.56. The van der Waals surface area contributed by atoms with E-state index in [0.717, 1.165) is 23.5 Å². The number of halogens is 2. The van der Waals surface area contributed by atoms with Gasteiger partial charge in [0.1, 0.15) is 6.04 Å². The van der Waals surface area contributed by atoms with E-state index in [4.69, 9.17) is 23.2 Å². The summed E-state index contributed by atoms with van der Waals surface area (Å²) in [5, 5.41) is 3.89. The minimum Gasteiger partial charge on any atom is -0.342 e. The van der Waals surface area contributed by atoms with E-state index in [-0.39, 0.29) is 18.2 Å². The topological polar surface area (TPSA) is 52.7 Å². The minimum atomic E-state index is -0.720. The Kier molecular flexibility index (Phi) is 7.21. The summed E-state index contributed by atoms with van der Waals surface area (Å²) < 4.78 is 0. The Labute approximate surface area is 203 Å². The number of fused-ring (bicyclic) bond motifs is 1. The van der Waals surface area contributed by atoms with Crippen LogP contribution in [-0.4, -0.2) is 30.9 Å². The molecule has 0 fully saturated rings. The highest BCUT2D eigenvalue weighted by molar-refractivity contribution is 6.35. The molecule has 1 unspecified atom stereocenters. The third-order valence-electron chi connectivity index (χ3n) is 5.61. The van der Waals surface area contributed by atoms with Crippen LogP contribution in [0.4, 0.5) is 17.1 Å². The van der Waals surface area contributed by atoms with Crippen molar-refractivity contribution in [1.82, 2.24) is 5.32 Å². The number of nitrogens with one attached hydrogen (secondary N) is 1. The maximum atomic E-state index is 13.6. The molecule has 1 heterocycles.